The van der Waals surface area contributed by atoms with Crippen LogP contribution in [0.1, 0.15) is 5.56 Å². The third-order valence-corrected chi connectivity index (χ3v) is 3.29. The minimum atomic E-state index is -1.03. The molecule has 0 fully saturated rings. The first kappa shape index (κ1) is 18.2. The van der Waals surface area contributed by atoms with Gasteiger partial charge in [0.25, 0.3) is 0 Å². The van der Waals surface area contributed by atoms with Crippen molar-refractivity contribution in [2.75, 3.05) is 27.4 Å². The highest BCUT2D eigenvalue weighted by Gasteiger charge is 2.09. The number of benzene rings is 2. The molecule has 0 aliphatic carbocycles. The molecule has 0 saturated heterocycles. The largest absolute Gasteiger partial charge is 0.493 e. The lowest BCUT2D eigenvalue weighted by molar-refractivity contribution is -0.131. The highest BCUT2D eigenvalue weighted by molar-refractivity contribution is 5.86. The molecular weight excluding hydrogens is 324 g/mol. The van der Waals surface area contributed by atoms with Crippen molar-refractivity contribution in [1.29, 1.82) is 0 Å². The van der Waals surface area contributed by atoms with E-state index in [2.05, 4.69) is 0 Å². The summed E-state index contributed by atoms with van der Waals surface area (Å²) in [6.45, 7) is 0.548. The van der Waals surface area contributed by atoms with Crippen molar-refractivity contribution in [2.24, 2.45) is 0 Å². The number of carbonyl (C=O) groups is 1. The fraction of sp³-hybridized carbons (Fsp3) is 0.211. The first-order valence-electron chi connectivity index (χ1n) is 7.62. The molecule has 6 heteroatoms. The Labute approximate surface area is 146 Å². The SMILES string of the molecule is COc1ccccc1OCCOc1c(C=CC(=O)O)cccc1OC. The molecule has 0 atom stereocenters. The van der Waals surface area contributed by atoms with Gasteiger partial charge >= 0.3 is 5.97 Å². The highest BCUT2D eigenvalue weighted by Crippen LogP contribution is 2.32. The van der Waals surface area contributed by atoms with E-state index in [1.807, 2.05) is 24.3 Å². The van der Waals surface area contributed by atoms with Crippen LogP contribution in [-0.2, 0) is 4.79 Å². The van der Waals surface area contributed by atoms with Gasteiger partial charge in [-0.25, -0.2) is 4.79 Å². The predicted molar refractivity (Wildman–Crippen MR) is 93.6 cm³/mol. The lowest BCUT2D eigenvalue weighted by Gasteiger charge is -2.14. The average molecular weight is 344 g/mol. The van der Waals surface area contributed by atoms with Crippen LogP contribution in [0.2, 0.25) is 0 Å². The molecule has 0 radical (unpaired) electrons. The summed E-state index contributed by atoms with van der Waals surface area (Å²) < 4.78 is 21.9. The van der Waals surface area contributed by atoms with Gasteiger partial charge in [-0.1, -0.05) is 24.3 Å². The van der Waals surface area contributed by atoms with Gasteiger partial charge in [-0.05, 0) is 24.3 Å². The summed E-state index contributed by atoms with van der Waals surface area (Å²) in [6, 6.07) is 12.6. The van der Waals surface area contributed by atoms with E-state index in [-0.39, 0.29) is 6.61 Å². The maximum absolute atomic E-state index is 10.7. The lowest BCUT2D eigenvalue weighted by atomic mass is 10.1. The van der Waals surface area contributed by atoms with Gasteiger partial charge in [-0.3, -0.25) is 0 Å². The van der Waals surface area contributed by atoms with Gasteiger partial charge < -0.3 is 24.1 Å². The number of rotatable bonds is 9. The third-order valence-electron chi connectivity index (χ3n) is 3.29. The summed E-state index contributed by atoms with van der Waals surface area (Å²) in [5, 5.41) is 8.79. The number of hydrogen-bond donors (Lipinski definition) is 1. The molecule has 132 valence electrons. The molecule has 0 unspecified atom stereocenters. The zero-order valence-electron chi connectivity index (χ0n) is 14.1. The normalized spacial score (nSPS) is 10.5. The van der Waals surface area contributed by atoms with Gasteiger partial charge in [-0.2, -0.15) is 0 Å². The Kier molecular flexibility index (Phi) is 6.71. The molecule has 0 amide bonds. The molecule has 1 N–H and O–H groups in total. The van der Waals surface area contributed by atoms with Crippen molar-refractivity contribution in [3.05, 3.63) is 54.1 Å². The van der Waals surface area contributed by atoms with Crippen molar-refractivity contribution in [3.63, 3.8) is 0 Å². The van der Waals surface area contributed by atoms with Crippen molar-refractivity contribution in [2.45, 2.75) is 0 Å². The van der Waals surface area contributed by atoms with Crippen molar-refractivity contribution in [1.82, 2.24) is 0 Å². The van der Waals surface area contributed by atoms with Gasteiger partial charge in [-0.15, -0.1) is 0 Å². The van der Waals surface area contributed by atoms with Crippen LogP contribution in [0.15, 0.2) is 48.5 Å². The molecule has 0 spiro atoms. The van der Waals surface area contributed by atoms with Crippen molar-refractivity contribution >= 4 is 12.0 Å². The topological polar surface area (TPSA) is 74.2 Å². The number of carboxylic acids is 1. The molecule has 0 aliphatic rings. The summed E-state index contributed by atoms with van der Waals surface area (Å²) in [5.74, 6) is 1.22. The highest BCUT2D eigenvalue weighted by atomic mass is 16.5. The Balaban J connectivity index is 2.03. The summed E-state index contributed by atoms with van der Waals surface area (Å²) in [5.41, 5.74) is 0.610. The van der Waals surface area contributed by atoms with Crippen LogP contribution < -0.4 is 18.9 Å². The van der Waals surface area contributed by atoms with E-state index in [0.717, 1.165) is 6.08 Å². The average Bonchev–Trinajstić information content (AvgIpc) is 2.64. The molecule has 2 aromatic rings. The van der Waals surface area contributed by atoms with Crippen LogP contribution in [0, 0.1) is 0 Å². The first-order chi connectivity index (χ1) is 12.2. The smallest absolute Gasteiger partial charge is 0.328 e. The Morgan fingerprint density at radius 3 is 2.24 bits per heavy atom. The fourth-order valence-electron chi connectivity index (χ4n) is 2.17. The Morgan fingerprint density at radius 2 is 1.56 bits per heavy atom. The monoisotopic (exact) mass is 344 g/mol. The molecule has 0 heterocycles. The molecule has 0 bridgehead atoms. The second-order valence-corrected chi connectivity index (χ2v) is 4.90. The van der Waals surface area contributed by atoms with E-state index >= 15 is 0 Å². The minimum Gasteiger partial charge on any atom is -0.493 e. The van der Waals surface area contributed by atoms with Crippen LogP contribution >= 0.6 is 0 Å². The standard InChI is InChI=1S/C19H20O6/c1-22-15-7-3-4-8-16(15)24-12-13-25-19-14(10-11-18(20)21)6-5-9-17(19)23-2/h3-11H,12-13H2,1-2H3,(H,20,21). The summed E-state index contributed by atoms with van der Waals surface area (Å²) >= 11 is 0. The molecule has 0 saturated carbocycles. The number of methoxy groups -OCH3 is 2. The van der Waals surface area contributed by atoms with E-state index in [9.17, 15) is 4.79 Å². The van der Waals surface area contributed by atoms with Crippen LogP contribution in [0.4, 0.5) is 0 Å². The second kappa shape index (κ2) is 9.22. The van der Waals surface area contributed by atoms with Crippen LogP contribution in [-0.4, -0.2) is 38.5 Å². The van der Waals surface area contributed by atoms with E-state index in [1.165, 1.54) is 13.2 Å². The van der Waals surface area contributed by atoms with E-state index in [4.69, 9.17) is 24.1 Å². The van der Waals surface area contributed by atoms with E-state index in [0.29, 0.717) is 35.2 Å². The molecule has 2 aromatic carbocycles. The molecule has 0 aliphatic heterocycles. The summed E-state index contributed by atoms with van der Waals surface area (Å²) in [4.78, 5) is 10.7. The van der Waals surface area contributed by atoms with Crippen molar-refractivity contribution in [3.8, 4) is 23.0 Å². The Morgan fingerprint density at radius 1 is 0.920 bits per heavy atom. The summed E-state index contributed by atoms with van der Waals surface area (Å²) in [6.07, 6.45) is 2.51. The Hall–Kier alpha value is -3.15. The number of hydrogen-bond acceptors (Lipinski definition) is 5. The molecule has 0 aromatic heterocycles. The molecule has 6 nitrogen and oxygen atoms in total. The number of ether oxygens (including phenoxy) is 4. The number of carboxylic acid groups (broad SMARTS) is 1. The third kappa shape index (κ3) is 5.17. The molecule has 2 rings (SSSR count). The first-order valence-corrected chi connectivity index (χ1v) is 7.62. The Bertz CT molecular complexity index is 738. The maximum atomic E-state index is 10.7. The molecular formula is C19H20O6. The second-order valence-electron chi connectivity index (χ2n) is 4.90. The van der Waals surface area contributed by atoms with Crippen LogP contribution in [0.3, 0.4) is 0 Å². The van der Waals surface area contributed by atoms with Gasteiger partial charge in [0.15, 0.2) is 23.0 Å². The zero-order valence-corrected chi connectivity index (χ0v) is 14.1. The fourth-order valence-corrected chi connectivity index (χ4v) is 2.17. The number of aliphatic carboxylic acids is 1. The summed E-state index contributed by atoms with van der Waals surface area (Å²) in [7, 11) is 3.10. The van der Waals surface area contributed by atoms with E-state index in [1.54, 1.807) is 25.3 Å². The zero-order chi connectivity index (χ0) is 18.1. The minimum absolute atomic E-state index is 0.256. The maximum Gasteiger partial charge on any atom is 0.328 e. The van der Waals surface area contributed by atoms with E-state index < -0.39 is 5.97 Å². The van der Waals surface area contributed by atoms with Crippen LogP contribution in [0.5, 0.6) is 23.0 Å². The molecule has 25 heavy (non-hydrogen) atoms. The quantitative estimate of drug-likeness (QED) is 0.556. The van der Waals surface area contributed by atoms with Gasteiger partial charge in [0.1, 0.15) is 13.2 Å². The van der Waals surface area contributed by atoms with Gasteiger partial charge in [0, 0.05) is 11.6 Å². The van der Waals surface area contributed by atoms with Gasteiger partial charge in [0.2, 0.25) is 0 Å². The van der Waals surface area contributed by atoms with Crippen molar-refractivity contribution < 1.29 is 28.8 Å². The predicted octanol–water partition coefficient (Wildman–Crippen LogP) is 3.26. The lowest BCUT2D eigenvalue weighted by Crippen LogP contribution is -2.10. The van der Waals surface area contributed by atoms with Crippen LogP contribution in [0.25, 0.3) is 6.08 Å². The van der Waals surface area contributed by atoms with Gasteiger partial charge in [0.05, 0.1) is 14.2 Å². The number of para-hydroxylation sites is 3.